The second-order valence-electron chi connectivity index (χ2n) is 7.63. The molecule has 118 valence electrons. The first-order valence-electron chi connectivity index (χ1n) is 7.98. The van der Waals surface area contributed by atoms with Crippen LogP contribution >= 0.6 is 0 Å². The monoisotopic (exact) mass is 312 g/mol. The highest BCUT2D eigenvalue weighted by Crippen LogP contribution is 2.44. The highest BCUT2D eigenvalue weighted by molar-refractivity contribution is 6.74. The molecule has 2 aromatic carbocycles. The SMILES string of the molecule is CC(O[Si](C)(C)C(C)(C)C)(c1ccccc1)c1ccccc1. The molecule has 0 aliphatic rings. The van der Waals surface area contributed by atoms with E-state index in [1.54, 1.807) is 0 Å². The Labute approximate surface area is 136 Å². The molecule has 0 atom stereocenters. The number of benzene rings is 2. The lowest BCUT2D eigenvalue weighted by Gasteiger charge is -2.44. The van der Waals surface area contributed by atoms with Crippen molar-refractivity contribution in [1.29, 1.82) is 0 Å². The van der Waals surface area contributed by atoms with Crippen molar-refractivity contribution in [2.45, 2.75) is 51.4 Å². The van der Waals surface area contributed by atoms with E-state index in [0.717, 1.165) is 0 Å². The van der Waals surface area contributed by atoms with Crippen LogP contribution in [0, 0.1) is 0 Å². The molecule has 0 saturated heterocycles. The molecule has 0 aliphatic heterocycles. The molecule has 2 heteroatoms. The summed E-state index contributed by atoms with van der Waals surface area (Å²) in [5, 5.41) is 0.178. The third kappa shape index (κ3) is 3.34. The van der Waals surface area contributed by atoms with Crippen molar-refractivity contribution in [1.82, 2.24) is 0 Å². The molecule has 0 heterocycles. The summed E-state index contributed by atoms with van der Waals surface area (Å²) in [4.78, 5) is 0. The van der Waals surface area contributed by atoms with E-state index in [4.69, 9.17) is 4.43 Å². The first-order chi connectivity index (χ1) is 10.2. The van der Waals surface area contributed by atoms with E-state index in [1.165, 1.54) is 11.1 Å². The van der Waals surface area contributed by atoms with Gasteiger partial charge in [-0.1, -0.05) is 81.4 Å². The summed E-state index contributed by atoms with van der Waals surface area (Å²) in [6.07, 6.45) is 0. The third-order valence-corrected chi connectivity index (χ3v) is 9.45. The smallest absolute Gasteiger partial charge is 0.193 e. The van der Waals surface area contributed by atoms with Crippen LogP contribution in [-0.4, -0.2) is 8.32 Å². The van der Waals surface area contributed by atoms with E-state index in [-0.39, 0.29) is 5.04 Å². The van der Waals surface area contributed by atoms with Gasteiger partial charge in [-0.3, -0.25) is 0 Å². The van der Waals surface area contributed by atoms with Crippen LogP contribution in [0.3, 0.4) is 0 Å². The second-order valence-corrected chi connectivity index (χ2v) is 12.4. The van der Waals surface area contributed by atoms with Gasteiger partial charge in [0.1, 0.15) is 5.60 Å². The fraction of sp³-hybridized carbons (Fsp3) is 0.400. The molecular weight excluding hydrogens is 284 g/mol. The van der Waals surface area contributed by atoms with Gasteiger partial charge in [-0.15, -0.1) is 0 Å². The van der Waals surface area contributed by atoms with Gasteiger partial charge in [0.2, 0.25) is 0 Å². The van der Waals surface area contributed by atoms with Crippen LogP contribution in [0.15, 0.2) is 60.7 Å². The van der Waals surface area contributed by atoms with Gasteiger partial charge in [0.25, 0.3) is 0 Å². The quantitative estimate of drug-likeness (QED) is 0.632. The van der Waals surface area contributed by atoms with Gasteiger partial charge in [-0.2, -0.15) is 0 Å². The molecule has 2 rings (SSSR count). The van der Waals surface area contributed by atoms with E-state index in [0.29, 0.717) is 0 Å². The molecule has 0 aromatic heterocycles. The summed E-state index contributed by atoms with van der Waals surface area (Å²) < 4.78 is 6.90. The molecule has 22 heavy (non-hydrogen) atoms. The Morgan fingerprint density at radius 1 is 0.682 bits per heavy atom. The summed E-state index contributed by atoms with van der Waals surface area (Å²) in [5.74, 6) is 0. The van der Waals surface area contributed by atoms with Crippen LogP contribution in [0.1, 0.15) is 38.8 Å². The molecule has 0 aliphatic carbocycles. The lowest BCUT2D eigenvalue weighted by atomic mass is 9.88. The molecule has 0 bridgehead atoms. The zero-order valence-electron chi connectivity index (χ0n) is 14.7. The van der Waals surface area contributed by atoms with Crippen molar-refractivity contribution in [3.8, 4) is 0 Å². The van der Waals surface area contributed by atoms with Gasteiger partial charge >= 0.3 is 0 Å². The molecule has 0 fully saturated rings. The Bertz CT molecular complexity index is 557. The first kappa shape index (κ1) is 17.0. The summed E-state index contributed by atoms with van der Waals surface area (Å²) in [5.41, 5.74) is 2.02. The van der Waals surface area contributed by atoms with Gasteiger partial charge in [-0.25, -0.2) is 0 Å². The van der Waals surface area contributed by atoms with Crippen molar-refractivity contribution in [3.63, 3.8) is 0 Å². The Morgan fingerprint density at radius 2 is 1.05 bits per heavy atom. The van der Waals surface area contributed by atoms with Crippen molar-refractivity contribution in [3.05, 3.63) is 71.8 Å². The van der Waals surface area contributed by atoms with Crippen molar-refractivity contribution in [2.24, 2.45) is 0 Å². The number of rotatable bonds is 4. The van der Waals surface area contributed by atoms with E-state index >= 15 is 0 Å². The van der Waals surface area contributed by atoms with E-state index < -0.39 is 13.9 Å². The topological polar surface area (TPSA) is 9.23 Å². The van der Waals surface area contributed by atoms with Crippen molar-refractivity contribution >= 4 is 8.32 Å². The van der Waals surface area contributed by atoms with Gasteiger partial charge < -0.3 is 4.43 Å². The molecule has 0 N–H and O–H groups in total. The summed E-state index contributed by atoms with van der Waals surface area (Å²) >= 11 is 0. The molecular formula is C20H28OSi. The van der Waals surface area contributed by atoms with Gasteiger partial charge in [0, 0.05) is 0 Å². The Morgan fingerprint density at radius 3 is 1.36 bits per heavy atom. The van der Waals surface area contributed by atoms with Crippen LogP contribution in [0.4, 0.5) is 0 Å². The molecule has 0 saturated carbocycles. The maximum atomic E-state index is 6.90. The lowest BCUT2D eigenvalue weighted by Crippen LogP contribution is -2.47. The highest BCUT2D eigenvalue weighted by Gasteiger charge is 2.44. The Kier molecular flexibility index (Phi) is 4.64. The largest absolute Gasteiger partial charge is 0.404 e. The van der Waals surface area contributed by atoms with Crippen LogP contribution < -0.4 is 0 Å². The Balaban J connectivity index is 2.53. The van der Waals surface area contributed by atoms with E-state index in [9.17, 15) is 0 Å². The molecule has 1 nitrogen and oxygen atoms in total. The minimum atomic E-state index is -1.91. The van der Waals surface area contributed by atoms with Crippen molar-refractivity contribution < 1.29 is 4.43 Å². The summed E-state index contributed by atoms with van der Waals surface area (Å²) in [6, 6.07) is 21.1. The van der Waals surface area contributed by atoms with Crippen molar-refractivity contribution in [2.75, 3.05) is 0 Å². The predicted molar refractivity (Wildman–Crippen MR) is 97.6 cm³/mol. The molecule has 0 radical (unpaired) electrons. The average molecular weight is 313 g/mol. The normalized spacial score (nSPS) is 13.2. The lowest BCUT2D eigenvalue weighted by molar-refractivity contribution is 0.113. The standard InChI is InChI=1S/C20H28OSi/c1-19(2,3)22(5,6)21-20(4,17-13-9-7-10-14-17)18-15-11-8-12-16-18/h7-16H,1-6H3. The fourth-order valence-corrected chi connectivity index (χ4v) is 4.02. The third-order valence-electron chi connectivity index (χ3n) is 4.91. The van der Waals surface area contributed by atoms with Gasteiger partial charge in [0.15, 0.2) is 8.32 Å². The maximum absolute atomic E-state index is 6.90. The average Bonchev–Trinajstić information content (AvgIpc) is 2.47. The van der Waals surface area contributed by atoms with Gasteiger partial charge in [0.05, 0.1) is 0 Å². The predicted octanol–water partition coefficient (Wildman–Crippen LogP) is 5.97. The zero-order chi connectivity index (χ0) is 16.4. The minimum absolute atomic E-state index is 0.178. The zero-order valence-corrected chi connectivity index (χ0v) is 15.7. The fourth-order valence-electron chi connectivity index (χ4n) is 2.46. The molecule has 2 aromatic rings. The van der Waals surface area contributed by atoms with Gasteiger partial charge in [-0.05, 0) is 36.2 Å². The van der Waals surface area contributed by atoms with Crippen LogP contribution in [0.2, 0.25) is 18.1 Å². The Hall–Kier alpha value is -1.38. The number of hydrogen-bond donors (Lipinski definition) is 0. The summed E-state index contributed by atoms with van der Waals surface area (Å²) in [7, 11) is -1.91. The second kappa shape index (κ2) is 6.02. The molecule has 0 amide bonds. The molecule has 0 spiro atoms. The first-order valence-corrected chi connectivity index (χ1v) is 10.9. The van der Waals surface area contributed by atoms with Crippen LogP contribution in [0.5, 0.6) is 0 Å². The highest BCUT2D eigenvalue weighted by atomic mass is 28.4. The minimum Gasteiger partial charge on any atom is -0.404 e. The van der Waals surface area contributed by atoms with Crippen LogP contribution in [-0.2, 0) is 10.0 Å². The molecule has 0 unspecified atom stereocenters. The summed E-state index contributed by atoms with van der Waals surface area (Å²) in [6.45, 7) is 13.7. The number of hydrogen-bond acceptors (Lipinski definition) is 1. The van der Waals surface area contributed by atoms with Crippen LogP contribution in [0.25, 0.3) is 0 Å². The van der Waals surface area contributed by atoms with E-state index in [2.05, 4.69) is 101 Å². The van der Waals surface area contributed by atoms with E-state index in [1.807, 2.05) is 0 Å². The maximum Gasteiger partial charge on any atom is 0.193 e.